The summed E-state index contributed by atoms with van der Waals surface area (Å²) >= 11 is 0. The summed E-state index contributed by atoms with van der Waals surface area (Å²) in [5.41, 5.74) is 1.78. The molecule has 148 valence electrons. The molecule has 28 heavy (non-hydrogen) atoms. The zero-order chi connectivity index (χ0) is 19.5. The van der Waals surface area contributed by atoms with Crippen LogP contribution >= 0.6 is 0 Å². The number of benzene rings is 1. The van der Waals surface area contributed by atoms with Crippen LogP contribution in [0.15, 0.2) is 30.3 Å². The van der Waals surface area contributed by atoms with Crippen molar-refractivity contribution < 1.29 is 28.5 Å². The first-order chi connectivity index (χ1) is 13.6. The van der Waals surface area contributed by atoms with Crippen molar-refractivity contribution in [3.8, 4) is 11.6 Å². The molecule has 2 aromatic rings. The third kappa shape index (κ3) is 4.07. The number of hydrogen-bond donors (Lipinski definition) is 2. The van der Waals surface area contributed by atoms with Gasteiger partial charge in [0, 0.05) is 18.6 Å². The van der Waals surface area contributed by atoms with Gasteiger partial charge < -0.3 is 24.6 Å². The molecule has 0 aliphatic carbocycles. The summed E-state index contributed by atoms with van der Waals surface area (Å²) in [6.45, 7) is 1.41. The number of ether oxygens (including phenoxy) is 3. The Balaban J connectivity index is 1.60. The number of carbonyl (C=O) groups excluding carboxylic acids is 1. The van der Waals surface area contributed by atoms with Crippen molar-refractivity contribution in [1.29, 1.82) is 0 Å². The molecular formula is C20H21FN2O5. The minimum absolute atomic E-state index is 0.181. The fraction of sp³-hybridized carbons (Fsp3) is 0.400. The number of amides is 1. The van der Waals surface area contributed by atoms with Gasteiger partial charge >= 0.3 is 0 Å². The fourth-order valence-corrected chi connectivity index (χ4v) is 3.30. The normalized spacial score (nSPS) is 21.2. The van der Waals surface area contributed by atoms with Gasteiger partial charge in [0.15, 0.2) is 5.75 Å². The molecule has 0 unspecified atom stereocenters. The van der Waals surface area contributed by atoms with Gasteiger partial charge in [0.05, 0.1) is 18.8 Å². The maximum absolute atomic E-state index is 13.2. The number of halogens is 1. The minimum atomic E-state index is -0.756. The molecule has 8 heteroatoms. The highest BCUT2D eigenvalue weighted by Crippen LogP contribution is 2.34. The predicted octanol–water partition coefficient (Wildman–Crippen LogP) is 1.46. The summed E-state index contributed by atoms with van der Waals surface area (Å²) in [5, 5.41) is 12.8. The van der Waals surface area contributed by atoms with Crippen molar-refractivity contribution in [3.05, 3.63) is 53.0 Å². The zero-order valence-corrected chi connectivity index (χ0v) is 15.2. The van der Waals surface area contributed by atoms with Crippen LogP contribution in [0, 0.1) is 5.82 Å². The molecule has 1 amide bonds. The van der Waals surface area contributed by atoms with E-state index in [0.29, 0.717) is 38.4 Å². The average molecular weight is 388 g/mol. The number of carbonyl (C=O) groups is 1. The van der Waals surface area contributed by atoms with Crippen LogP contribution in [0.4, 0.5) is 4.39 Å². The Labute approximate surface area is 161 Å². The first-order valence-corrected chi connectivity index (χ1v) is 9.21. The van der Waals surface area contributed by atoms with E-state index < -0.39 is 18.1 Å². The first-order valence-electron chi connectivity index (χ1n) is 9.21. The Morgan fingerprint density at radius 1 is 1.21 bits per heavy atom. The molecule has 1 fully saturated rings. The quantitative estimate of drug-likeness (QED) is 0.824. The van der Waals surface area contributed by atoms with Crippen molar-refractivity contribution in [2.45, 2.75) is 25.0 Å². The van der Waals surface area contributed by atoms with Gasteiger partial charge in [-0.2, -0.15) is 0 Å². The van der Waals surface area contributed by atoms with E-state index in [1.807, 2.05) is 0 Å². The number of aliphatic hydroxyl groups is 1. The summed E-state index contributed by atoms with van der Waals surface area (Å²) in [7, 11) is 0. The number of aliphatic hydroxyl groups excluding tert-OH is 1. The predicted molar refractivity (Wildman–Crippen MR) is 97.1 cm³/mol. The highest BCUT2D eigenvalue weighted by molar-refractivity contribution is 5.93. The van der Waals surface area contributed by atoms with Crippen molar-refractivity contribution in [1.82, 2.24) is 10.3 Å². The maximum Gasteiger partial charge on any atom is 0.270 e. The summed E-state index contributed by atoms with van der Waals surface area (Å²) in [4.78, 5) is 17.0. The van der Waals surface area contributed by atoms with Crippen molar-refractivity contribution in [2.24, 2.45) is 0 Å². The lowest BCUT2D eigenvalue weighted by Crippen LogP contribution is -2.48. The molecule has 3 heterocycles. The van der Waals surface area contributed by atoms with Gasteiger partial charge in [-0.1, -0.05) is 12.1 Å². The third-order valence-corrected chi connectivity index (χ3v) is 4.77. The van der Waals surface area contributed by atoms with Crippen LogP contribution in [-0.2, 0) is 11.2 Å². The van der Waals surface area contributed by atoms with Gasteiger partial charge in [0.1, 0.15) is 24.7 Å². The van der Waals surface area contributed by atoms with Crippen LogP contribution in [0.5, 0.6) is 11.6 Å². The van der Waals surface area contributed by atoms with E-state index in [1.165, 1.54) is 12.1 Å². The highest BCUT2D eigenvalue weighted by Gasteiger charge is 2.28. The van der Waals surface area contributed by atoms with Gasteiger partial charge in [-0.05, 0) is 30.2 Å². The molecule has 0 bridgehead atoms. The molecule has 4 rings (SSSR count). The number of fused-ring (bicyclic) bond motifs is 1. The molecule has 2 aliphatic heterocycles. The Morgan fingerprint density at radius 2 is 2.00 bits per heavy atom. The molecule has 1 aromatic heterocycles. The monoisotopic (exact) mass is 388 g/mol. The number of rotatable bonds is 4. The lowest BCUT2D eigenvalue weighted by Gasteiger charge is -2.28. The van der Waals surface area contributed by atoms with E-state index in [1.54, 1.807) is 18.2 Å². The lowest BCUT2D eigenvalue weighted by atomic mass is 10.0. The minimum Gasteiger partial charge on any atom is -0.484 e. The highest BCUT2D eigenvalue weighted by atomic mass is 19.1. The molecule has 7 nitrogen and oxygen atoms in total. The maximum atomic E-state index is 13.2. The molecular weight excluding hydrogens is 367 g/mol. The molecule has 1 saturated heterocycles. The van der Waals surface area contributed by atoms with Crippen LogP contribution in [0.25, 0.3) is 0 Å². The van der Waals surface area contributed by atoms with E-state index in [9.17, 15) is 14.3 Å². The topological polar surface area (TPSA) is 89.9 Å². The molecule has 2 atom stereocenters. The van der Waals surface area contributed by atoms with Gasteiger partial charge in [-0.15, -0.1) is 0 Å². The van der Waals surface area contributed by atoms with E-state index in [2.05, 4.69) is 10.3 Å². The third-order valence-electron chi connectivity index (χ3n) is 4.77. The molecule has 2 aliphatic rings. The zero-order valence-electron chi connectivity index (χ0n) is 15.2. The lowest BCUT2D eigenvalue weighted by molar-refractivity contribution is -0.0261. The van der Waals surface area contributed by atoms with Gasteiger partial charge in [0.25, 0.3) is 11.8 Å². The molecule has 0 saturated carbocycles. The van der Waals surface area contributed by atoms with Crippen LogP contribution in [-0.4, -0.2) is 54.6 Å². The number of pyridine rings is 1. The van der Waals surface area contributed by atoms with Gasteiger partial charge in [-0.3, -0.25) is 4.79 Å². The molecule has 0 spiro atoms. The van der Waals surface area contributed by atoms with E-state index in [0.717, 1.165) is 11.1 Å². The second kappa shape index (κ2) is 8.12. The van der Waals surface area contributed by atoms with Crippen LogP contribution in [0.1, 0.15) is 28.0 Å². The van der Waals surface area contributed by atoms with Gasteiger partial charge in [-0.25, -0.2) is 9.37 Å². The van der Waals surface area contributed by atoms with Crippen molar-refractivity contribution >= 4 is 5.91 Å². The van der Waals surface area contributed by atoms with Crippen molar-refractivity contribution in [3.63, 3.8) is 0 Å². The molecule has 2 N–H and O–H groups in total. The van der Waals surface area contributed by atoms with E-state index in [4.69, 9.17) is 14.2 Å². The number of nitrogens with zero attached hydrogens (tertiary/aromatic N) is 1. The Hall–Kier alpha value is -2.71. The second-order valence-corrected chi connectivity index (χ2v) is 6.81. The average Bonchev–Trinajstić information content (AvgIpc) is 2.71. The second-order valence-electron chi connectivity index (χ2n) is 6.81. The summed E-state index contributed by atoms with van der Waals surface area (Å²) in [5.74, 6) is 0.0558. The Kier molecular flexibility index (Phi) is 5.40. The van der Waals surface area contributed by atoms with Gasteiger partial charge in [0.2, 0.25) is 0 Å². The summed E-state index contributed by atoms with van der Waals surface area (Å²) in [6, 6.07) is 7.41. The molecule has 1 aromatic carbocycles. The summed E-state index contributed by atoms with van der Waals surface area (Å²) in [6.07, 6.45) is 0.211. The smallest absolute Gasteiger partial charge is 0.270 e. The number of hydrogen-bond acceptors (Lipinski definition) is 6. The standard InChI is InChI=1S/C20H21FN2O5/c21-14-3-1-12(2-4-14)9-13-10-16(23-20-18(13)27-7-8-28-20)19(25)22-15-5-6-26-11-17(15)24/h1-4,10,15,17,24H,5-9,11H2,(H,22,25)/t15-,17+/m0/s1. The largest absolute Gasteiger partial charge is 0.484 e. The number of aromatic nitrogens is 1. The Morgan fingerprint density at radius 3 is 2.79 bits per heavy atom. The van der Waals surface area contributed by atoms with Crippen molar-refractivity contribution in [2.75, 3.05) is 26.4 Å². The van der Waals surface area contributed by atoms with Crippen LogP contribution in [0.3, 0.4) is 0 Å². The molecule has 0 radical (unpaired) electrons. The number of nitrogens with one attached hydrogen (secondary N) is 1. The van der Waals surface area contributed by atoms with E-state index in [-0.39, 0.29) is 24.0 Å². The van der Waals surface area contributed by atoms with Crippen LogP contribution in [0.2, 0.25) is 0 Å². The van der Waals surface area contributed by atoms with E-state index >= 15 is 0 Å². The fourth-order valence-electron chi connectivity index (χ4n) is 3.30. The summed E-state index contributed by atoms with van der Waals surface area (Å²) < 4.78 is 29.7. The first kappa shape index (κ1) is 18.6. The van der Waals surface area contributed by atoms with Crippen LogP contribution < -0.4 is 14.8 Å². The Bertz CT molecular complexity index is 858. The SMILES string of the molecule is O=C(N[C@H]1CCOC[C@H]1O)c1cc(Cc2ccc(F)cc2)c2c(n1)OCCO2.